The molecule has 1 saturated carbocycles. The van der Waals surface area contributed by atoms with E-state index in [9.17, 15) is 0 Å². The summed E-state index contributed by atoms with van der Waals surface area (Å²) < 4.78 is 0. The van der Waals surface area contributed by atoms with E-state index in [0.29, 0.717) is 0 Å². The molecule has 0 aromatic rings. The van der Waals surface area contributed by atoms with Crippen molar-refractivity contribution < 1.29 is 0 Å². The first kappa shape index (κ1) is 10.4. The Labute approximate surface area is 88.1 Å². The molecule has 1 saturated heterocycles. The van der Waals surface area contributed by atoms with Crippen LogP contribution in [0.3, 0.4) is 0 Å². The molecule has 82 valence electrons. The van der Waals surface area contributed by atoms with Crippen LogP contribution >= 0.6 is 0 Å². The lowest BCUT2D eigenvalue weighted by Gasteiger charge is -2.37. The molecule has 2 atom stereocenters. The van der Waals surface area contributed by atoms with Gasteiger partial charge in [-0.2, -0.15) is 0 Å². The Kier molecular flexibility index (Phi) is 3.45. The van der Waals surface area contributed by atoms with Gasteiger partial charge in [-0.3, -0.25) is 4.90 Å². The third-order valence-corrected chi connectivity index (χ3v) is 4.14. The van der Waals surface area contributed by atoms with Gasteiger partial charge in [0.1, 0.15) is 0 Å². The van der Waals surface area contributed by atoms with Gasteiger partial charge in [-0.25, -0.2) is 0 Å². The summed E-state index contributed by atoms with van der Waals surface area (Å²) in [5.41, 5.74) is 0. The second-order valence-electron chi connectivity index (χ2n) is 5.11. The van der Waals surface area contributed by atoms with E-state index in [1.807, 2.05) is 0 Å². The van der Waals surface area contributed by atoms with Crippen LogP contribution in [0.1, 0.15) is 39.0 Å². The van der Waals surface area contributed by atoms with Gasteiger partial charge >= 0.3 is 0 Å². The second-order valence-corrected chi connectivity index (χ2v) is 5.11. The molecular formula is C12H24N2. The van der Waals surface area contributed by atoms with Crippen LogP contribution in [0.5, 0.6) is 0 Å². The molecule has 2 heteroatoms. The van der Waals surface area contributed by atoms with Gasteiger partial charge in [-0.1, -0.05) is 13.3 Å². The molecule has 0 amide bonds. The predicted molar refractivity (Wildman–Crippen MR) is 60.5 cm³/mol. The van der Waals surface area contributed by atoms with Crippen molar-refractivity contribution in [3.05, 3.63) is 0 Å². The van der Waals surface area contributed by atoms with Crippen LogP contribution in [-0.2, 0) is 0 Å². The largest absolute Gasteiger partial charge is 0.315 e. The molecule has 0 aromatic carbocycles. The van der Waals surface area contributed by atoms with Crippen LogP contribution in [0, 0.1) is 5.92 Å². The van der Waals surface area contributed by atoms with Crippen LogP contribution in [0.2, 0.25) is 0 Å². The van der Waals surface area contributed by atoms with Crippen molar-refractivity contribution in [2.75, 3.05) is 20.1 Å². The Morgan fingerprint density at radius 2 is 1.79 bits per heavy atom. The molecule has 1 aliphatic heterocycles. The smallest absolute Gasteiger partial charge is 0.0249 e. The Balaban J connectivity index is 1.88. The molecule has 0 unspecified atom stereocenters. The fraction of sp³-hybridized carbons (Fsp3) is 1.00. The normalized spacial score (nSPS) is 36.4. The first-order valence-corrected chi connectivity index (χ1v) is 6.22. The average Bonchev–Trinajstić information content (AvgIpc) is 2.67. The molecule has 0 aromatic heterocycles. The Bertz CT molecular complexity index is 173. The van der Waals surface area contributed by atoms with Crippen molar-refractivity contribution in [3.8, 4) is 0 Å². The molecule has 0 radical (unpaired) electrons. The lowest BCUT2D eigenvalue weighted by molar-refractivity contribution is 0.124. The standard InChI is InChI=1S/C12H24N2/c1-10-6-8-14(9-7-10)12-5-3-4-11(12)13-2/h10-13H,3-9H2,1-2H3/t11-,12+/m0/s1. The maximum absolute atomic E-state index is 3.48. The highest BCUT2D eigenvalue weighted by Crippen LogP contribution is 2.27. The zero-order valence-corrected chi connectivity index (χ0v) is 9.63. The van der Waals surface area contributed by atoms with E-state index < -0.39 is 0 Å². The summed E-state index contributed by atoms with van der Waals surface area (Å²) in [7, 11) is 2.12. The van der Waals surface area contributed by atoms with Crippen molar-refractivity contribution in [2.45, 2.75) is 51.1 Å². The molecule has 2 nitrogen and oxygen atoms in total. The third kappa shape index (κ3) is 2.12. The van der Waals surface area contributed by atoms with Crippen molar-refractivity contribution in [1.82, 2.24) is 10.2 Å². The van der Waals surface area contributed by atoms with E-state index in [-0.39, 0.29) is 0 Å². The average molecular weight is 196 g/mol. The van der Waals surface area contributed by atoms with Gasteiger partial charge in [0.2, 0.25) is 0 Å². The van der Waals surface area contributed by atoms with Crippen LogP contribution in [-0.4, -0.2) is 37.1 Å². The number of nitrogens with one attached hydrogen (secondary N) is 1. The van der Waals surface area contributed by atoms with Crippen molar-refractivity contribution >= 4 is 0 Å². The highest BCUT2D eigenvalue weighted by molar-refractivity contribution is 4.90. The number of piperidine rings is 1. The van der Waals surface area contributed by atoms with Gasteiger partial charge in [0.25, 0.3) is 0 Å². The van der Waals surface area contributed by atoms with Crippen LogP contribution in [0.15, 0.2) is 0 Å². The quantitative estimate of drug-likeness (QED) is 0.725. The van der Waals surface area contributed by atoms with E-state index in [1.165, 1.54) is 45.2 Å². The van der Waals surface area contributed by atoms with Gasteiger partial charge in [0.15, 0.2) is 0 Å². The van der Waals surface area contributed by atoms with Crippen LogP contribution in [0.4, 0.5) is 0 Å². The predicted octanol–water partition coefficient (Wildman–Crippen LogP) is 1.86. The Hall–Kier alpha value is -0.0800. The molecule has 1 N–H and O–H groups in total. The SMILES string of the molecule is CN[C@H]1CCC[C@H]1N1CCC(C)CC1. The lowest BCUT2D eigenvalue weighted by Crippen LogP contribution is -2.48. The fourth-order valence-electron chi connectivity index (χ4n) is 3.07. The molecule has 2 rings (SSSR count). The van der Waals surface area contributed by atoms with E-state index in [4.69, 9.17) is 0 Å². The van der Waals surface area contributed by atoms with Crippen molar-refractivity contribution in [2.24, 2.45) is 5.92 Å². The molecule has 1 aliphatic carbocycles. The summed E-state index contributed by atoms with van der Waals surface area (Å²) in [4.78, 5) is 2.73. The highest BCUT2D eigenvalue weighted by Gasteiger charge is 2.32. The van der Waals surface area contributed by atoms with Crippen molar-refractivity contribution in [1.29, 1.82) is 0 Å². The minimum Gasteiger partial charge on any atom is -0.315 e. The summed E-state index contributed by atoms with van der Waals surface area (Å²) >= 11 is 0. The maximum atomic E-state index is 3.48. The molecule has 0 spiro atoms. The number of likely N-dealkylation sites (N-methyl/N-ethyl adjacent to an activating group) is 1. The van der Waals surface area contributed by atoms with E-state index in [1.54, 1.807) is 0 Å². The van der Waals surface area contributed by atoms with Gasteiger partial charge in [0, 0.05) is 12.1 Å². The zero-order chi connectivity index (χ0) is 9.97. The van der Waals surface area contributed by atoms with Gasteiger partial charge in [-0.15, -0.1) is 0 Å². The topological polar surface area (TPSA) is 15.3 Å². The minimum absolute atomic E-state index is 0.767. The summed E-state index contributed by atoms with van der Waals surface area (Å²) in [6, 6.07) is 1.61. The third-order valence-electron chi connectivity index (χ3n) is 4.14. The minimum atomic E-state index is 0.767. The van der Waals surface area contributed by atoms with E-state index >= 15 is 0 Å². The molecule has 14 heavy (non-hydrogen) atoms. The molecular weight excluding hydrogens is 172 g/mol. The second kappa shape index (κ2) is 4.63. The van der Waals surface area contributed by atoms with Gasteiger partial charge in [-0.05, 0) is 51.7 Å². The van der Waals surface area contributed by atoms with E-state index in [2.05, 4.69) is 24.2 Å². The Morgan fingerprint density at radius 1 is 1.07 bits per heavy atom. The molecule has 2 fully saturated rings. The Morgan fingerprint density at radius 3 is 2.43 bits per heavy atom. The zero-order valence-electron chi connectivity index (χ0n) is 9.63. The number of hydrogen-bond acceptors (Lipinski definition) is 2. The number of rotatable bonds is 2. The summed E-state index contributed by atoms with van der Waals surface area (Å²) in [6.07, 6.45) is 7.04. The first-order chi connectivity index (χ1) is 6.81. The van der Waals surface area contributed by atoms with Gasteiger partial charge in [0.05, 0.1) is 0 Å². The van der Waals surface area contributed by atoms with Crippen molar-refractivity contribution in [3.63, 3.8) is 0 Å². The summed E-state index contributed by atoms with van der Waals surface area (Å²) in [6.45, 7) is 5.07. The van der Waals surface area contributed by atoms with E-state index in [0.717, 1.165) is 18.0 Å². The lowest BCUT2D eigenvalue weighted by atomic mass is 9.97. The first-order valence-electron chi connectivity index (χ1n) is 6.22. The molecule has 2 aliphatic rings. The van der Waals surface area contributed by atoms with Gasteiger partial charge < -0.3 is 5.32 Å². The fourth-order valence-corrected chi connectivity index (χ4v) is 3.07. The monoisotopic (exact) mass is 196 g/mol. The molecule has 1 heterocycles. The summed E-state index contributed by atoms with van der Waals surface area (Å²) in [5, 5.41) is 3.48. The van der Waals surface area contributed by atoms with Crippen LogP contribution in [0.25, 0.3) is 0 Å². The molecule has 0 bridgehead atoms. The summed E-state index contributed by atoms with van der Waals surface area (Å²) in [5.74, 6) is 0.959. The number of nitrogens with zero attached hydrogens (tertiary/aromatic N) is 1. The number of likely N-dealkylation sites (tertiary alicyclic amines) is 1. The maximum Gasteiger partial charge on any atom is 0.0249 e. The van der Waals surface area contributed by atoms with Crippen LogP contribution < -0.4 is 5.32 Å². The highest BCUT2D eigenvalue weighted by atomic mass is 15.2. The number of hydrogen-bond donors (Lipinski definition) is 1.